The van der Waals surface area contributed by atoms with Crippen molar-refractivity contribution in [3.63, 3.8) is 0 Å². The van der Waals surface area contributed by atoms with Gasteiger partial charge in [0.1, 0.15) is 5.82 Å². The van der Waals surface area contributed by atoms with Gasteiger partial charge >= 0.3 is 0 Å². The van der Waals surface area contributed by atoms with E-state index in [1.807, 2.05) is 31.7 Å². The second-order valence-corrected chi connectivity index (χ2v) is 4.29. The minimum absolute atomic E-state index is 0.162. The SMILES string of the molecule is CCC(CC)C(O)C(O)Cc1nccn1C. The molecule has 1 aromatic heterocycles. The van der Waals surface area contributed by atoms with Gasteiger partial charge in [0.15, 0.2) is 0 Å². The lowest BCUT2D eigenvalue weighted by Crippen LogP contribution is -2.35. The highest BCUT2D eigenvalue weighted by Crippen LogP contribution is 2.17. The van der Waals surface area contributed by atoms with Gasteiger partial charge < -0.3 is 14.8 Å². The molecule has 0 bridgehead atoms. The predicted octanol–water partition coefficient (Wildman–Crippen LogP) is 1.12. The third kappa shape index (κ3) is 3.06. The molecule has 0 aromatic carbocycles. The maximum atomic E-state index is 9.98. The Balaban J connectivity index is 2.58. The maximum Gasteiger partial charge on any atom is 0.111 e. The lowest BCUT2D eigenvalue weighted by atomic mass is 9.91. The fraction of sp³-hybridized carbons (Fsp3) is 0.750. The fourth-order valence-electron chi connectivity index (χ4n) is 1.99. The predicted molar refractivity (Wildman–Crippen MR) is 63.0 cm³/mol. The zero-order valence-corrected chi connectivity index (χ0v) is 10.3. The summed E-state index contributed by atoms with van der Waals surface area (Å²) in [5.41, 5.74) is 0. The van der Waals surface area contributed by atoms with Crippen molar-refractivity contribution in [1.29, 1.82) is 0 Å². The Morgan fingerprint density at radius 3 is 2.38 bits per heavy atom. The van der Waals surface area contributed by atoms with Gasteiger partial charge in [-0.3, -0.25) is 0 Å². The molecule has 0 aliphatic carbocycles. The number of rotatable bonds is 6. The Bertz CT molecular complexity index is 308. The molecule has 4 nitrogen and oxygen atoms in total. The van der Waals surface area contributed by atoms with Crippen LogP contribution in [-0.4, -0.2) is 32.0 Å². The molecule has 16 heavy (non-hydrogen) atoms. The van der Waals surface area contributed by atoms with Gasteiger partial charge in [-0.25, -0.2) is 4.98 Å². The molecule has 0 aliphatic rings. The molecule has 92 valence electrons. The van der Waals surface area contributed by atoms with E-state index in [-0.39, 0.29) is 5.92 Å². The molecule has 4 heteroatoms. The quantitative estimate of drug-likeness (QED) is 0.764. The number of aliphatic hydroxyl groups excluding tert-OH is 2. The van der Waals surface area contributed by atoms with Gasteiger partial charge in [0.05, 0.1) is 12.2 Å². The van der Waals surface area contributed by atoms with Gasteiger partial charge in [0, 0.05) is 25.9 Å². The van der Waals surface area contributed by atoms with Crippen molar-refractivity contribution in [2.45, 2.75) is 45.3 Å². The monoisotopic (exact) mass is 226 g/mol. The molecule has 0 amide bonds. The highest BCUT2D eigenvalue weighted by atomic mass is 16.3. The maximum absolute atomic E-state index is 9.98. The number of aryl methyl sites for hydroxylation is 1. The molecule has 0 fully saturated rings. The largest absolute Gasteiger partial charge is 0.390 e. The molecular weight excluding hydrogens is 204 g/mol. The van der Waals surface area contributed by atoms with Crippen molar-refractivity contribution in [1.82, 2.24) is 9.55 Å². The summed E-state index contributed by atoms with van der Waals surface area (Å²) in [7, 11) is 1.89. The highest BCUT2D eigenvalue weighted by molar-refractivity contribution is 4.94. The van der Waals surface area contributed by atoms with Crippen LogP contribution in [0.5, 0.6) is 0 Å². The minimum Gasteiger partial charge on any atom is -0.390 e. The van der Waals surface area contributed by atoms with Crippen LogP contribution >= 0.6 is 0 Å². The van der Waals surface area contributed by atoms with E-state index in [1.165, 1.54) is 0 Å². The number of aliphatic hydroxyl groups is 2. The topological polar surface area (TPSA) is 58.3 Å². The van der Waals surface area contributed by atoms with Crippen molar-refractivity contribution >= 4 is 0 Å². The van der Waals surface area contributed by atoms with E-state index in [4.69, 9.17) is 0 Å². The highest BCUT2D eigenvalue weighted by Gasteiger charge is 2.24. The van der Waals surface area contributed by atoms with Crippen LogP contribution in [0.25, 0.3) is 0 Å². The van der Waals surface area contributed by atoms with Crippen LogP contribution in [0.4, 0.5) is 0 Å². The van der Waals surface area contributed by atoms with Crippen LogP contribution in [0.3, 0.4) is 0 Å². The summed E-state index contributed by atoms with van der Waals surface area (Å²) in [6.07, 6.45) is 4.32. The van der Waals surface area contributed by atoms with Gasteiger partial charge in [-0.2, -0.15) is 0 Å². The molecule has 0 spiro atoms. The average molecular weight is 226 g/mol. The van der Waals surface area contributed by atoms with E-state index >= 15 is 0 Å². The van der Waals surface area contributed by atoms with Gasteiger partial charge in [-0.1, -0.05) is 26.7 Å². The fourth-order valence-corrected chi connectivity index (χ4v) is 1.99. The number of hydrogen-bond acceptors (Lipinski definition) is 3. The summed E-state index contributed by atoms with van der Waals surface area (Å²) in [5.74, 6) is 0.966. The van der Waals surface area contributed by atoms with Crippen LogP contribution in [0, 0.1) is 5.92 Å². The summed E-state index contributed by atoms with van der Waals surface area (Å²) in [6.45, 7) is 4.07. The van der Waals surface area contributed by atoms with Crippen molar-refractivity contribution in [3.05, 3.63) is 18.2 Å². The molecular formula is C12H22N2O2. The molecule has 2 atom stereocenters. The number of nitrogens with zero attached hydrogens (tertiary/aromatic N) is 2. The first-order valence-corrected chi connectivity index (χ1v) is 5.92. The summed E-state index contributed by atoms with van der Waals surface area (Å²) in [5, 5.41) is 19.9. The lowest BCUT2D eigenvalue weighted by Gasteiger charge is -2.24. The third-order valence-electron chi connectivity index (χ3n) is 3.24. The van der Waals surface area contributed by atoms with Crippen LogP contribution in [0.1, 0.15) is 32.5 Å². The molecule has 2 N–H and O–H groups in total. The number of hydrogen-bond donors (Lipinski definition) is 2. The van der Waals surface area contributed by atoms with Crippen molar-refractivity contribution in [2.24, 2.45) is 13.0 Å². The Hall–Kier alpha value is -0.870. The van der Waals surface area contributed by atoms with Crippen molar-refractivity contribution in [2.75, 3.05) is 0 Å². The number of imidazole rings is 1. The van der Waals surface area contributed by atoms with E-state index in [2.05, 4.69) is 4.98 Å². The normalized spacial score (nSPS) is 15.4. The van der Waals surface area contributed by atoms with Gasteiger partial charge in [-0.05, 0) is 5.92 Å². The molecule has 0 saturated heterocycles. The van der Waals surface area contributed by atoms with E-state index in [1.54, 1.807) is 6.20 Å². The van der Waals surface area contributed by atoms with Crippen LogP contribution < -0.4 is 0 Å². The second kappa shape index (κ2) is 6.01. The van der Waals surface area contributed by atoms with Crippen LogP contribution in [-0.2, 0) is 13.5 Å². The van der Waals surface area contributed by atoms with E-state index in [0.717, 1.165) is 18.7 Å². The summed E-state index contributed by atoms with van der Waals surface area (Å²) in [4.78, 5) is 4.14. The molecule has 2 unspecified atom stereocenters. The Morgan fingerprint density at radius 1 is 1.31 bits per heavy atom. The minimum atomic E-state index is -0.731. The summed E-state index contributed by atoms with van der Waals surface area (Å²) < 4.78 is 1.86. The van der Waals surface area contributed by atoms with E-state index in [0.29, 0.717) is 6.42 Å². The van der Waals surface area contributed by atoms with E-state index in [9.17, 15) is 10.2 Å². The molecule has 0 aliphatic heterocycles. The third-order valence-corrected chi connectivity index (χ3v) is 3.24. The lowest BCUT2D eigenvalue weighted by molar-refractivity contribution is -0.0199. The van der Waals surface area contributed by atoms with Crippen LogP contribution in [0.2, 0.25) is 0 Å². The van der Waals surface area contributed by atoms with Crippen molar-refractivity contribution < 1.29 is 10.2 Å². The zero-order chi connectivity index (χ0) is 12.1. The first kappa shape index (κ1) is 13.2. The Labute approximate surface area is 96.9 Å². The summed E-state index contributed by atoms with van der Waals surface area (Å²) >= 11 is 0. The Kier molecular flexibility index (Phi) is 4.96. The second-order valence-electron chi connectivity index (χ2n) is 4.29. The zero-order valence-electron chi connectivity index (χ0n) is 10.3. The number of aromatic nitrogens is 2. The van der Waals surface area contributed by atoms with Gasteiger partial charge in [0.2, 0.25) is 0 Å². The van der Waals surface area contributed by atoms with Gasteiger partial charge in [0.25, 0.3) is 0 Å². The van der Waals surface area contributed by atoms with Crippen LogP contribution in [0.15, 0.2) is 12.4 Å². The molecule has 0 radical (unpaired) electrons. The first-order valence-electron chi connectivity index (χ1n) is 5.92. The first-order chi connectivity index (χ1) is 7.60. The van der Waals surface area contributed by atoms with E-state index < -0.39 is 12.2 Å². The average Bonchev–Trinajstić information content (AvgIpc) is 2.66. The molecule has 1 rings (SSSR count). The molecule has 1 aromatic rings. The standard InChI is InChI=1S/C12H22N2O2/c1-4-9(5-2)12(16)10(15)8-11-13-6-7-14(11)3/h6-7,9-10,12,15-16H,4-5,8H2,1-3H3. The smallest absolute Gasteiger partial charge is 0.111 e. The van der Waals surface area contributed by atoms with Gasteiger partial charge in [-0.15, -0.1) is 0 Å². The summed E-state index contributed by atoms with van der Waals surface area (Å²) in [6, 6.07) is 0. The molecule has 1 heterocycles. The van der Waals surface area contributed by atoms with Crippen molar-refractivity contribution in [3.8, 4) is 0 Å². The molecule has 0 saturated carbocycles. The Morgan fingerprint density at radius 2 is 1.94 bits per heavy atom.